The molecule has 0 aromatic heterocycles. The predicted molar refractivity (Wildman–Crippen MR) is 79.7 cm³/mol. The minimum atomic E-state index is 0.334. The van der Waals surface area contributed by atoms with E-state index in [0.29, 0.717) is 5.54 Å². The Bertz CT molecular complexity index is 468. The Balaban J connectivity index is 1.68. The molecule has 1 unspecified atom stereocenters. The van der Waals surface area contributed by atoms with Crippen molar-refractivity contribution in [2.24, 2.45) is 0 Å². The molecule has 2 fully saturated rings. The first-order valence-electron chi connectivity index (χ1n) is 8.01. The van der Waals surface area contributed by atoms with Gasteiger partial charge in [-0.15, -0.1) is 0 Å². The SMILES string of the molecule is c1cc2c(cc1N1CCCCC1)C1(CCCN1)CC2. The molecule has 1 spiro atoms. The van der Waals surface area contributed by atoms with Crippen LogP contribution in [0.4, 0.5) is 5.69 Å². The maximum Gasteiger partial charge on any atom is 0.0441 e. The lowest BCUT2D eigenvalue weighted by Gasteiger charge is -2.31. The number of fused-ring (bicyclic) bond motifs is 2. The molecule has 2 aliphatic heterocycles. The van der Waals surface area contributed by atoms with E-state index in [-0.39, 0.29) is 0 Å². The van der Waals surface area contributed by atoms with Crippen LogP contribution in [-0.4, -0.2) is 19.6 Å². The van der Waals surface area contributed by atoms with Crippen molar-refractivity contribution in [3.63, 3.8) is 0 Å². The highest BCUT2D eigenvalue weighted by molar-refractivity contribution is 5.55. The van der Waals surface area contributed by atoms with Crippen molar-refractivity contribution >= 4 is 5.69 Å². The van der Waals surface area contributed by atoms with Gasteiger partial charge in [-0.25, -0.2) is 0 Å². The van der Waals surface area contributed by atoms with Crippen molar-refractivity contribution < 1.29 is 0 Å². The first-order chi connectivity index (χ1) is 9.37. The van der Waals surface area contributed by atoms with Crippen molar-refractivity contribution in [1.82, 2.24) is 5.32 Å². The summed E-state index contributed by atoms with van der Waals surface area (Å²) in [5.74, 6) is 0. The number of nitrogens with zero attached hydrogens (tertiary/aromatic N) is 1. The zero-order valence-corrected chi connectivity index (χ0v) is 11.8. The van der Waals surface area contributed by atoms with Crippen LogP contribution >= 0.6 is 0 Å². The highest BCUT2D eigenvalue weighted by Gasteiger charge is 2.40. The number of piperidine rings is 1. The summed E-state index contributed by atoms with van der Waals surface area (Å²) in [5, 5.41) is 3.80. The average molecular weight is 256 g/mol. The molecule has 1 N–H and O–H groups in total. The largest absolute Gasteiger partial charge is 0.372 e. The fraction of sp³-hybridized carbons (Fsp3) is 0.647. The van der Waals surface area contributed by atoms with Gasteiger partial charge in [0.1, 0.15) is 0 Å². The fourth-order valence-electron chi connectivity index (χ4n) is 4.31. The van der Waals surface area contributed by atoms with E-state index >= 15 is 0 Å². The third-order valence-electron chi connectivity index (χ3n) is 5.40. The molecule has 1 aromatic carbocycles. The second kappa shape index (κ2) is 4.52. The van der Waals surface area contributed by atoms with Gasteiger partial charge in [-0.2, -0.15) is 0 Å². The smallest absolute Gasteiger partial charge is 0.0441 e. The number of anilines is 1. The van der Waals surface area contributed by atoms with Crippen molar-refractivity contribution in [2.75, 3.05) is 24.5 Å². The quantitative estimate of drug-likeness (QED) is 0.830. The van der Waals surface area contributed by atoms with Crippen molar-refractivity contribution in [3.05, 3.63) is 29.3 Å². The fourth-order valence-corrected chi connectivity index (χ4v) is 4.31. The van der Waals surface area contributed by atoms with Gasteiger partial charge >= 0.3 is 0 Å². The van der Waals surface area contributed by atoms with Crippen molar-refractivity contribution in [2.45, 2.75) is 50.5 Å². The third-order valence-corrected chi connectivity index (χ3v) is 5.40. The van der Waals surface area contributed by atoms with Crippen LogP contribution in [0.3, 0.4) is 0 Å². The molecule has 1 aliphatic carbocycles. The molecule has 0 amide bonds. The summed E-state index contributed by atoms with van der Waals surface area (Å²) in [6.07, 6.45) is 9.39. The Morgan fingerprint density at radius 1 is 1.00 bits per heavy atom. The van der Waals surface area contributed by atoms with Gasteiger partial charge in [0.2, 0.25) is 0 Å². The highest BCUT2D eigenvalue weighted by atomic mass is 15.1. The molecule has 2 heteroatoms. The predicted octanol–water partition coefficient (Wildman–Crippen LogP) is 3.20. The number of benzene rings is 1. The van der Waals surface area contributed by atoms with Gasteiger partial charge in [-0.05, 0) is 74.8 Å². The summed E-state index contributed by atoms with van der Waals surface area (Å²) in [7, 11) is 0. The molecule has 1 aromatic rings. The minimum absolute atomic E-state index is 0.334. The van der Waals surface area contributed by atoms with Gasteiger partial charge in [0, 0.05) is 24.3 Å². The summed E-state index contributed by atoms with van der Waals surface area (Å²) in [6, 6.07) is 7.26. The zero-order chi connectivity index (χ0) is 12.7. The van der Waals surface area contributed by atoms with E-state index in [9.17, 15) is 0 Å². The van der Waals surface area contributed by atoms with Gasteiger partial charge in [0.25, 0.3) is 0 Å². The van der Waals surface area contributed by atoms with Gasteiger partial charge in [0.15, 0.2) is 0 Å². The van der Waals surface area contributed by atoms with Crippen LogP contribution in [0, 0.1) is 0 Å². The third kappa shape index (κ3) is 1.88. The molecule has 3 aliphatic rings. The Morgan fingerprint density at radius 2 is 1.89 bits per heavy atom. The number of hydrogen-bond acceptors (Lipinski definition) is 2. The summed E-state index contributed by atoms with van der Waals surface area (Å²) in [5.41, 5.74) is 5.01. The van der Waals surface area contributed by atoms with Crippen LogP contribution in [-0.2, 0) is 12.0 Å². The number of rotatable bonds is 1. The van der Waals surface area contributed by atoms with Crippen LogP contribution in [0.5, 0.6) is 0 Å². The second-order valence-electron chi connectivity index (χ2n) is 6.50. The topological polar surface area (TPSA) is 15.3 Å². The van der Waals surface area contributed by atoms with E-state index < -0.39 is 0 Å². The Hall–Kier alpha value is -1.02. The van der Waals surface area contributed by atoms with Gasteiger partial charge < -0.3 is 10.2 Å². The van der Waals surface area contributed by atoms with Gasteiger partial charge in [0.05, 0.1) is 0 Å². The van der Waals surface area contributed by atoms with E-state index in [2.05, 4.69) is 28.4 Å². The lowest BCUT2D eigenvalue weighted by atomic mass is 9.90. The molecular weight excluding hydrogens is 232 g/mol. The number of nitrogens with one attached hydrogen (secondary N) is 1. The van der Waals surface area contributed by atoms with Gasteiger partial charge in [-0.1, -0.05) is 6.07 Å². The van der Waals surface area contributed by atoms with Crippen LogP contribution in [0.1, 0.15) is 49.7 Å². The molecule has 2 heterocycles. The maximum atomic E-state index is 3.80. The molecule has 2 nitrogen and oxygen atoms in total. The van der Waals surface area contributed by atoms with E-state index in [1.807, 2.05) is 0 Å². The molecular formula is C17H24N2. The highest BCUT2D eigenvalue weighted by Crippen LogP contribution is 2.44. The summed E-state index contributed by atoms with van der Waals surface area (Å²) >= 11 is 0. The molecule has 0 radical (unpaired) electrons. The first-order valence-corrected chi connectivity index (χ1v) is 8.01. The number of aryl methyl sites for hydroxylation is 1. The van der Waals surface area contributed by atoms with E-state index in [0.717, 1.165) is 0 Å². The monoisotopic (exact) mass is 256 g/mol. The molecule has 19 heavy (non-hydrogen) atoms. The van der Waals surface area contributed by atoms with E-state index in [1.54, 1.807) is 11.1 Å². The minimum Gasteiger partial charge on any atom is -0.372 e. The molecule has 0 bridgehead atoms. The van der Waals surface area contributed by atoms with Crippen LogP contribution < -0.4 is 10.2 Å². The lowest BCUT2D eigenvalue weighted by Crippen LogP contribution is -2.35. The molecule has 102 valence electrons. The van der Waals surface area contributed by atoms with Crippen molar-refractivity contribution in [3.8, 4) is 0 Å². The summed E-state index contributed by atoms with van der Waals surface area (Å²) in [4.78, 5) is 2.59. The molecule has 4 rings (SSSR count). The molecule has 2 saturated heterocycles. The molecule has 1 atom stereocenters. The first kappa shape index (κ1) is 11.8. The van der Waals surface area contributed by atoms with Crippen LogP contribution in [0.25, 0.3) is 0 Å². The zero-order valence-electron chi connectivity index (χ0n) is 11.8. The average Bonchev–Trinajstić information content (AvgIpc) is 3.09. The van der Waals surface area contributed by atoms with Crippen LogP contribution in [0.15, 0.2) is 18.2 Å². The summed E-state index contributed by atoms with van der Waals surface area (Å²) in [6.45, 7) is 3.70. The number of hydrogen-bond donors (Lipinski definition) is 1. The summed E-state index contributed by atoms with van der Waals surface area (Å²) < 4.78 is 0. The standard InChI is InChI=1S/C17H24N2/c1-2-11-19(12-3-1)15-6-5-14-7-9-17(16(14)13-15)8-4-10-18-17/h5-6,13,18H,1-4,7-12H2. The molecule has 0 saturated carbocycles. The Labute approximate surface area is 116 Å². The normalized spacial score (nSPS) is 30.0. The lowest BCUT2D eigenvalue weighted by molar-refractivity contribution is 0.389. The second-order valence-corrected chi connectivity index (χ2v) is 6.50. The maximum absolute atomic E-state index is 3.80. The Kier molecular flexibility index (Phi) is 2.80. The Morgan fingerprint density at radius 3 is 2.68 bits per heavy atom. The van der Waals surface area contributed by atoms with E-state index in [1.165, 1.54) is 70.3 Å². The van der Waals surface area contributed by atoms with Crippen LogP contribution in [0.2, 0.25) is 0 Å². The van der Waals surface area contributed by atoms with Crippen molar-refractivity contribution in [1.29, 1.82) is 0 Å². The van der Waals surface area contributed by atoms with E-state index in [4.69, 9.17) is 0 Å². The van der Waals surface area contributed by atoms with Gasteiger partial charge in [-0.3, -0.25) is 0 Å².